The predicted octanol–water partition coefficient (Wildman–Crippen LogP) is 7.46. The summed E-state index contributed by atoms with van der Waals surface area (Å²) >= 11 is 3.49. The summed E-state index contributed by atoms with van der Waals surface area (Å²) in [5.74, 6) is 0.312. The van der Waals surface area contributed by atoms with Gasteiger partial charge in [0.2, 0.25) is 5.91 Å². The van der Waals surface area contributed by atoms with Crippen LogP contribution in [0.1, 0.15) is 93.1 Å². The number of unbranched alkanes of at least 4 members (excludes halogenated alkanes) is 7. The summed E-state index contributed by atoms with van der Waals surface area (Å²) in [7, 11) is 0. The molecule has 0 aliphatic heterocycles. The standard InChI is InChI=1S/C24H34BrNO/c25-19-13-6-4-2-1-3-5-10-18-24(27)26-22-16-9-7-8-14-20(22)21-15-11-12-17-23(21)26/h11-12,15,17H,1-10,13-14,16,18-19H2. The summed E-state index contributed by atoms with van der Waals surface area (Å²) in [5, 5.41) is 2.44. The molecule has 0 spiro atoms. The Balaban J connectivity index is 1.54. The van der Waals surface area contributed by atoms with Gasteiger partial charge in [0.25, 0.3) is 0 Å². The van der Waals surface area contributed by atoms with Crippen LogP contribution in [0.3, 0.4) is 0 Å². The molecule has 148 valence electrons. The molecular weight excluding hydrogens is 398 g/mol. The zero-order valence-corrected chi connectivity index (χ0v) is 18.2. The second-order valence-electron chi connectivity index (χ2n) is 8.00. The molecule has 0 fully saturated rings. The summed E-state index contributed by atoms with van der Waals surface area (Å²) in [5.41, 5.74) is 3.90. The number of nitrogens with zero attached hydrogens (tertiary/aromatic N) is 1. The largest absolute Gasteiger partial charge is 0.284 e. The van der Waals surface area contributed by atoms with Crippen molar-refractivity contribution in [3.8, 4) is 0 Å². The van der Waals surface area contributed by atoms with Gasteiger partial charge in [-0.05, 0) is 50.2 Å². The van der Waals surface area contributed by atoms with Gasteiger partial charge in [0.1, 0.15) is 0 Å². The lowest BCUT2D eigenvalue weighted by Crippen LogP contribution is -2.14. The van der Waals surface area contributed by atoms with Crippen LogP contribution in [-0.4, -0.2) is 15.8 Å². The van der Waals surface area contributed by atoms with Crippen LogP contribution < -0.4 is 0 Å². The molecule has 3 heteroatoms. The third kappa shape index (κ3) is 5.47. The van der Waals surface area contributed by atoms with Crippen LogP contribution >= 0.6 is 15.9 Å². The number of carbonyl (C=O) groups is 1. The number of hydrogen-bond acceptors (Lipinski definition) is 1. The molecule has 1 heterocycles. The molecule has 0 atom stereocenters. The Morgan fingerprint density at radius 1 is 0.852 bits per heavy atom. The van der Waals surface area contributed by atoms with Gasteiger partial charge >= 0.3 is 0 Å². The number of hydrogen-bond donors (Lipinski definition) is 0. The average Bonchev–Trinajstić information content (AvgIpc) is 2.82. The van der Waals surface area contributed by atoms with Crippen molar-refractivity contribution in [3.63, 3.8) is 0 Å². The van der Waals surface area contributed by atoms with E-state index in [1.54, 1.807) is 0 Å². The summed E-state index contributed by atoms with van der Waals surface area (Å²) in [6.45, 7) is 0. The van der Waals surface area contributed by atoms with E-state index in [1.807, 2.05) is 0 Å². The van der Waals surface area contributed by atoms with Gasteiger partial charge in [-0.25, -0.2) is 0 Å². The zero-order chi connectivity index (χ0) is 18.9. The van der Waals surface area contributed by atoms with E-state index in [0.29, 0.717) is 12.3 Å². The highest BCUT2D eigenvalue weighted by atomic mass is 79.9. The van der Waals surface area contributed by atoms with Crippen LogP contribution in [0.5, 0.6) is 0 Å². The highest BCUT2D eigenvalue weighted by Crippen LogP contribution is 2.31. The highest BCUT2D eigenvalue weighted by molar-refractivity contribution is 9.09. The van der Waals surface area contributed by atoms with Gasteiger partial charge in [0, 0.05) is 22.8 Å². The number of aromatic nitrogens is 1. The molecule has 2 nitrogen and oxygen atoms in total. The normalized spacial score (nSPS) is 14.3. The number of fused-ring (bicyclic) bond motifs is 3. The molecule has 0 saturated heterocycles. The summed E-state index contributed by atoms with van der Waals surface area (Å²) in [4.78, 5) is 13.1. The van der Waals surface area contributed by atoms with E-state index < -0.39 is 0 Å². The van der Waals surface area contributed by atoms with Gasteiger partial charge in [0.15, 0.2) is 0 Å². The molecule has 0 bridgehead atoms. The van der Waals surface area contributed by atoms with Crippen molar-refractivity contribution in [1.82, 2.24) is 4.57 Å². The van der Waals surface area contributed by atoms with E-state index >= 15 is 0 Å². The Morgan fingerprint density at radius 3 is 2.30 bits per heavy atom. The maximum absolute atomic E-state index is 13.1. The lowest BCUT2D eigenvalue weighted by molar-refractivity contribution is 0.0901. The maximum Gasteiger partial charge on any atom is 0.231 e. The van der Waals surface area contributed by atoms with Crippen molar-refractivity contribution in [2.24, 2.45) is 0 Å². The first kappa shape index (κ1) is 20.6. The molecule has 3 rings (SSSR count). The molecule has 1 aromatic heterocycles. The molecule has 0 saturated carbocycles. The molecule has 1 aliphatic rings. The van der Waals surface area contributed by atoms with Crippen LogP contribution in [-0.2, 0) is 12.8 Å². The van der Waals surface area contributed by atoms with Gasteiger partial charge in [-0.3, -0.25) is 9.36 Å². The first-order valence-corrected chi connectivity index (χ1v) is 12.2. The molecule has 0 N–H and O–H groups in total. The summed E-state index contributed by atoms with van der Waals surface area (Å²) in [6.07, 6.45) is 16.8. The number of aryl methyl sites for hydroxylation is 1. The fraction of sp³-hybridized carbons (Fsp3) is 0.625. The van der Waals surface area contributed by atoms with Crippen molar-refractivity contribution in [2.75, 3.05) is 5.33 Å². The Bertz CT molecular complexity index is 733. The van der Waals surface area contributed by atoms with Crippen LogP contribution in [0.2, 0.25) is 0 Å². The first-order chi connectivity index (χ1) is 13.3. The quantitative estimate of drug-likeness (QED) is 0.217. The highest BCUT2D eigenvalue weighted by Gasteiger charge is 2.21. The maximum atomic E-state index is 13.1. The lowest BCUT2D eigenvalue weighted by Gasteiger charge is -2.10. The van der Waals surface area contributed by atoms with Crippen molar-refractivity contribution in [2.45, 2.75) is 89.9 Å². The van der Waals surface area contributed by atoms with Gasteiger partial charge in [-0.1, -0.05) is 79.1 Å². The molecule has 0 radical (unpaired) electrons. The minimum atomic E-state index is 0.312. The van der Waals surface area contributed by atoms with E-state index in [2.05, 4.69) is 44.8 Å². The molecule has 1 aliphatic carbocycles. The van der Waals surface area contributed by atoms with Crippen molar-refractivity contribution >= 4 is 32.7 Å². The Hall–Kier alpha value is -1.09. The molecule has 2 aromatic rings. The van der Waals surface area contributed by atoms with Crippen molar-refractivity contribution in [3.05, 3.63) is 35.5 Å². The smallest absolute Gasteiger partial charge is 0.231 e. The molecule has 1 aromatic carbocycles. The summed E-state index contributed by atoms with van der Waals surface area (Å²) < 4.78 is 2.08. The van der Waals surface area contributed by atoms with Gasteiger partial charge < -0.3 is 0 Å². The number of carbonyl (C=O) groups excluding carboxylic acids is 1. The van der Waals surface area contributed by atoms with E-state index in [-0.39, 0.29) is 0 Å². The van der Waals surface area contributed by atoms with Gasteiger partial charge in [-0.15, -0.1) is 0 Å². The lowest BCUT2D eigenvalue weighted by atomic mass is 10.1. The number of alkyl halides is 1. The van der Waals surface area contributed by atoms with Crippen LogP contribution in [0.15, 0.2) is 24.3 Å². The first-order valence-electron chi connectivity index (χ1n) is 11.0. The number of para-hydroxylation sites is 1. The fourth-order valence-electron chi connectivity index (χ4n) is 4.50. The minimum absolute atomic E-state index is 0.312. The van der Waals surface area contributed by atoms with Crippen molar-refractivity contribution in [1.29, 1.82) is 0 Å². The van der Waals surface area contributed by atoms with E-state index in [9.17, 15) is 4.79 Å². The number of benzene rings is 1. The second kappa shape index (κ2) is 11.0. The van der Waals surface area contributed by atoms with Crippen molar-refractivity contribution < 1.29 is 4.79 Å². The van der Waals surface area contributed by atoms with Crippen LogP contribution in [0.4, 0.5) is 0 Å². The van der Waals surface area contributed by atoms with Gasteiger partial charge in [-0.2, -0.15) is 0 Å². The molecule has 0 unspecified atom stereocenters. The van der Waals surface area contributed by atoms with Crippen LogP contribution in [0, 0.1) is 0 Å². The molecule has 0 amide bonds. The third-order valence-corrected chi connectivity index (χ3v) is 6.51. The predicted molar refractivity (Wildman–Crippen MR) is 119 cm³/mol. The zero-order valence-electron chi connectivity index (χ0n) is 16.6. The van der Waals surface area contributed by atoms with Gasteiger partial charge in [0.05, 0.1) is 5.52 Å². The monoisotopic (exact) mass is 431 g/mol. The SMILES string of the molecule is O=C(CCCCCCCCCCBr)n1c2c(c3ccccc31)CCCCC2. The summed E-state index contributed by atoms with van der Waals surface area (Å²) in [6, 6.07) is 8.52. The number of halogens is 1. The Morgan fingerprint density at radius 2 is 1.52 bits per heavy atom. The number of rotatable bonds is 10. The third-order valence-electron chi connectivity index (χ3n) is 5.95. The van der Waals surface area contributed by atoms with E-state index in [4.69, 9.17) is 0 Å². The second-order valence-corrected chi connectivity index (χ2v) is 8.79. The van der Waals surface area contributed by atoms with E-state index in [1.165, 1.54) is 80.9 Å². The topological polar surface area (TPSA) is 22.0 Å². The Kier molecular flexibility index (Phi) is 8.44. The molecular formula is C24H34BrNO. The van der Waals surface area contributed by atoms with Crippen LogP contribution in [0.25, 0.3) is 10.9 Å². The Labute approximate surface area is 172 Å². The molecule has 27 heavy (non-hydrogen) atoms. The average molecular weight is 432 g/mol. The minimum Gasteiger partial charge on any atom is -0.284 e. The fourth-order valence-corrected chi connectivity index (χ4v) is 4.90. The van der Waals surface area contributed by atoms with E-state index in [0.717, 1.165) is 30.1 Å².